The maximum Gasteiger partial charge on any atom is 0.262 e. The predicted molar refractivity (Wildman–Crippen MR) is 61.8 cm³/mol. The topological polar surface area (TPSA) is 54.0 Å². The molecule has 0 spiro atoms. The minimum Gasteiger partial charge on any atom is -0.369 e. The Hall–Kier alpha value is -0.490. The smallest absolute Gasteiger partial charge is 0.262 e. The molecule has 1 rings (SSSR count). The molecule has 0 aliphatic heterocycles. The maximum absolute atomic E-state index is 12.1. The molecule has 0 amide bonds. The molecule has 0 saturated heterocycles. The first-order valence-electron chi connectivity index (χ1n) is 6.23. The molecule has 1 saturated carbocycles. The van der Waals surface area contributed by atoms with Crippen LogP contribution in [0.25, 0.3) is 0 Å². The molecular weight excluding hydrogens is 224 g/mol. The van der Waals surface area contributed by atoms with Gasteiger partial charge in [-0.05, 0) is 27.7 Å². The summed E-state index contributed by atoms with van der Waals surface area (Å²) >= 11 is 0. The van der Waals surface area contributed by atoms with E-state index in [-0.39, 0.29) is 5.78 Å². The van der Waals surface area contributed by atoms with Gasteiger partial charge in [-0.15, -0.1) is 0 Å². The summed E-state index contributed by atoms with van der Waals surface area (Å²) < 4.78 is 21.9. The normalized spacial score (nSPS) is 26.9. The van der Waals surface area contributed by atoms with Crippen LogP contribution in [-0.2, 0) is 23.7 Å². The Morgan fingerprint density at radius 3 is 1.88 bits per heavy atom. The lowest BCUT2D eigenvalue weighted by Crippen LogP contribution is -2.74. The molecule has 5 nitrogen and oxygen atoms in total. The summed E-state index contributed by atoms with van der Waals surface area (Å²) in [5.74, 6) is -1.44. The van der Waals surface area contributed by atoms with Crippen LogP contribution in [0.5, 0.6) is 0 Å². The van der Waals surface area contributed by atoms with E-state index in [4.69, 9.17) is 18.9 Å². The van der Waals surface area contributed by atoms with E-state index in [2.05, 4.69) is 0 Å². The van der Waals surface area contributed by atoms with E-state index in [0.717, 1.165) is 0 Å². The molecule has 0 aromatic heterocycles. The summed E-state index contributed by atoms with van der Waals surface area (Å²) in [5, 5.41) is 0. The molecule has 17 heavy (non-hydrogen) atoms. The van der Waals surface area contributed by atoms with Crippen LogP contribution < -0.4 is 0 Å². The third kappa shape index (κ3) is 2.52. The molecule has 2 unspecified atom stereocenters. The molecule has 0 radical (unpaired) electrons. The zero-order valence-electron chi connectivity index (χ0n) is 11.0. The second-order valence-electron chi connectivity index (χ2n) is 3.65. The van der Waals surface area contributed by atoms with Gasteiger partial charge in [0.25, 0.3) is 5.79 Å². The Bertz CT molecular complexity index is 247. The first kappa shape index (κ1) is 14.6. The second-order valence-corrected chi connectivity index (χ2v) is 3.65. The Labute approximate surface area is 102 Å². The minimum absolute atomic E-state index is 0.179. The van der Waals surface area contributed by atoms with Crippen LogP contribution in [0, 0.1) is 0 Å². The molecule has 0 aromatic rings. The fourth-order valence-electron chi connectivity index (χ4n) is 2.08. The molecule has 100 valence electrons. The van der Waals surface area contributed by atoms with Gasteiger partial charge in [-0.3, -0.25) is 4.79 Å². The summed E-state index contributed by atoms with van der Waals surface area (Å²) in [7, 11) is 0. The average molecular weight is 246 g/mol. The van der Waals surface area contributed by atoms with Crippen molar-refractivity contribution in [2.24, 2.45) is 0 Å². The third-order valence-electron chi connectivity index (χ3n) is 2.66. The highest BCUT2D eigenvalue weighted by molar-refractivity contribution is 5.98. The fraction of sp³-hybridized carbons (Fsp3) is 0.917. The standard InChI is InChI=1S/C12H22O5/c1-5-14-9-10(13)12(16-7-3,17-8-4)11(9)15-6-2/h9,11H,5-8H2,1-4H3. The van der Waals surface area contributed by atoms with Crippen molar-refractivity contribution in [1.29, 1.82) is 0 Å². The SMILES string of the molecule is CCOC1C(=O)C(OCC)(OCC)C1OCC. The van der Waals surface area contributed by atoms with Gasteiger partial charge in [0.05, 0.1) is 0 Å². The zero-order valence-corrected chi connectivity index (χ0v) is 11.0. The van der Waals surface area contributed by atoms with Gasteiger partial charge in [-0.1, -0.05) is 0 Å². The number of carbonyl (C=O) groups is 1. The monoisotopic (exact) mass is 246 g/mol. The summed E-state index contributed by atoms with van der Waals surface area (Å²) in [6, 6.07) is 0. The van der Waals surface area contributed by atoms with E-state index in [0.29, 0.717) is 26.4 Å². The third-order valence-corrected chi connectivity index (χ3v) is 2.66. The van der Waals surface area contributed by atoms with Crippen LogP contribution in [0.3, 0.4) is 0 Å². The summed E-state index contributed by atoms with van der Waals surface area (Å²) in [6.45, 7) is 9.11. The van der Waals surface area contributed by atoms with Crippen LogP contribution in [0.4, 0.5) is 0 Å². The Morgan fingerprint density at radius 1 is 0.941 bits per heavy atom. The highest BCUT2D eigenvalue weighted by Gasteiger charge is 2.66. The lowest BCUT2D eigenvalue weighted by Gasteiger charge is -2.49. The van der Waals surface area contributed by atoms with Crippen molar-refractivity contribution in [2.75, 3.05) is 26.4 Å². The van der Waals surface area contributed by atoms with Gasteiger partial charge in [-0.2, -0.15) is 0 Å². The average Bonchev–Trinajstić information content (AvgIpc) is 2.33. The van der Waals surface area contributed by atoms with E-state index in [9.17, 15) is 4.79 Å². The lowest BCUT2D eigenvalue weighted by atomic mass is 9.81. The summed E-state index contributed by atoms with van der Waals surface area (Å²) in [4.78, 5) is 12.1. The van der Waals surface area contributed by atoms with Crippen molar-refractivity contribution in [3.63, 3.8) is 0 Å². The van der Waals surface area contributed by atoms with Gasteiger partial charge in [0, 0.05) is 26.4 Å². The number of hydrogen-bond acceptors (Lipinski definition) is 5. The number of Topliss-reactive ketones (excluding diaryl/α,β-unsaturated/α-hetero) is 1. The fourth-order valence-corrected chi connectivity index (χ4v) is 2.08. The summed E-state index contributed by atoms with van der Waals surface area (Å²) in [6.07, 6.45) is -1.04. The number of ketones is 1. The van der Waals surface area contributed by atoms with E-state index in [1.807, 2.05) is 27.7 Å². The van der Waals surface area contributed by atoms with Crippen LogP contribution in [-0.4, -0.2) is 50.2 Å². The van der Waals surface area contributed by atoms with Crippen molar-refractivity contribution in [1.82, 2.24) is 0 Å². The minimum atomic E-state index is -1.26. The van der Waals surface area contributed by atoms with Crippen molar-refractivity contribution in [3.8, 4) is 0 Å². The molecule has 1 fully saturated rings. The van der Waals surface area contributed by atoms with Crippen molar-refractivity contribution >= 4 is 5.78 Å². The van der Waals surface area contributed by atoms with Crippen LogP contribution in [0.2, 0.25) is 0 Å². The van der Waals surface area contributed by atoms with E-state index < -0.39 is 18.0 Å². The molecule has 5 heteroatoms. The first-order valence-corrected chi connectivity index (χ1v) is 6.23. The molecule has 1 aliphatic rings. The zero-order chi connectivity index (χ0) is 12.9. The predicted octanol–water partition coefficient (Wildman–Crippen LogP) is 1.15. The van der Waals surface area contributed by atoms with Gasteiger partial charge in [0.2, 0.25) is 5.78 Å². The number of carbonyl (C=O) groups excluding carboxylic acids is 1. The van der Waals surface area contributed by atoms with Crippen LogP contribution in [0.15, 0.2) is 0 Å². The Kier molecular flexibility index (Phi) is 5.52. The van der Waals surface area contributed by atoms with Crippen molar-refractivity contribution in [2.45, 2.75) is 45.7 Å². The largest absolute Gasteiger partial charge is 0.369 e. The molecular formula is C12H22O5. The maximum atomic E-state index is 12.1. The van der Waals surface area contributed by atoms with Gasteiger partial charge >= 0.3 is 0 Å². The first-order chi connectivity index (χ1) is 8.17. The highest BCUT2D eigenvalue weighted by Crippen LogP contribution is 2.38. The van der Waals surface area contributed by atoms with Gasteiger partial charge in [-0.25, -0.2) is 0 Å². The lowest BCUT2D eigenvalue weighted by molar-refractivity contribution is -0.325. The van der Waals surface area contributed by atoms with E-state index in [1.165, 1.54) is 0 Å². The van der Waals surface area contributed by atoms with Crippen LogP contribution >= 0.6 is 0 Å². The van der Waals surface area contributed by atoms with Crippen LogP contribution in [0.1, 0.15) is 27.7 Å². The Morgan fingerprint density at radius 2 is 1.47 bits per heavy atom. The van der Waals surface area contributed by atoms with Gasteiger partial charge in [0.15, 0.2) is 12.2 Å². The number of ether oxygens (including phenoxy) is 4. The number of hydrogen-bond donors (Lipinski definition) is 0. The van der Waals surface area contributed by atoms with Gasteiger partial charge in [0.1, 0.15) is 0 Å². The van der Waals surface area contributed by atoms with E-state index >= 15 is 0 Å². The Balaban J connectivity index is 2.82. The van der Waals surface area contributed by atoms with Crippen molar-refractivity contribution in [3.05, 3.63) is 0 Å². The molecule has 1 aliphatic carbocycles. The molecule has 2 atom stereocenters. The molecule has 0 N–H and O–H groups in total. The van der Waals surface area contributed by atoms with Crippen molar-refractivity contribution < 1.29 is 23.7 Å². The quantitative estimate of drug-likeness (QED) is 0.601. The molecule has 0 bridgehead atoms. The highest BCUT2D eigenvalue weighted by atomic mass is 16.7. The van der Waals surface area contributed by atoms with E-state index in [1.54, 1.807) is 0 Å². The second kappa shape index (κ2) is 6.44. The molecule has 0 heterocycles. The molecule has 0 aromatic carbocycles. The van der Waals surface area contributed by atoms with Gasteiger partial charge < -0.3 is 18.9 Å². The summed E-state index contributed by atoms with van der Waals surface area (Å²) in [5.41, 5.74) is 0. The number of rotatable bonds is 8.